The maximum Gasteiger partial charge on any atom is 0.186 e. The first-order valence-corrected chi connectivity index (χ1v) is 10.4. The second-order valence-electron chi connectivity index (χ2n) is 7.20. The van der Waals surface area contributed by atoms with Gasteiger partial charge in [-0.05, 0) is 40.1 Å². The van der Waals surface area contributed by atoms with Crippen molar-refractivity contribution < 1.29 is 4.79 Å². The van der Waals surface area contributed by atoms with Crippen LogP contribution in [0.3, 0.4) is 0 Å². The van der Waals surface area contributed by atoms with Crippen LogP contribution in [0.2, 0.25) is 0 Å². The van der Waals surface area contributed by atoms with E-state index in [2.05, 4.69) is 21.9 Å². The number of Topliss-reactive ketones (excluding diaryl/α,β-unsaturated/α-hetero) is 1. The molecule has 0 radical (unpaired) electrons. The number of benzene rings is 1. The molecule has 7 heteroatoms. The van der Waals surface area contributed by atoms with Crippen molar-refractivity contribution in [1.82, 2.24) is 19.7 Å². The highest BCUT2D eigenvalue weighted by molar-refractivity contribution is 7.07. The van der Waals surface area contributed by atoms with E-state index in [9.17, 15) is 10.1 Å². The fraction of sp³-hybridized carbons (Fsp3) is 0.174. The second kappa shape index (κ2) is 8.49. The van der Waals surface area contributed by atoms with Crippen LogP contribution in [0, 0.1) is 11.3 Å². The van der Waals surface area contributed by atoms with Gasteiger partial charge < -0.3 is 4.57 Å². The van der Waals surface area contributed by atoms with Crippen LogP contribution in [0.1, 0.15) is 33.1 Å². The highest BCUT2D eigenvalue weighted by Crippen LogP contribution is 2.29. The lowest BCUT2D eigenvalue weighted by Crippen LogP contribution is -2.28. The highest BCUT2D eigenvalue weighted by atomic mass is 32.1. The molecule has 0 aliphatic rings. The molecule has 4 aromatic rings. The van der Waals surface area contributed by atoms with E-state index in [1.165, 1.54) is 0 Å². The van der Waals surface area contributed by atoms with Crippen molar-refractivity contribution in [3.63, 3.8) is 0 Å². The Morgan fingerprint density at radius 3 is 2.83 bits per heavy atom. The summed E-state index contributed by atoms with van der Waals surface area (Å²) in [5.41, 5.74) is 4.79. The summed E-state index contributed by atoms with van der Waals surface area (Å²) in [6, 6.07) is 11.0. The van der Waals surface area contributed by atoms with Crippen LogP contribution in [0.4, 0.5) is 0 Å². The van der Waals surface area contributed by atoms with Gasteiger partial charge in [0.15, 0.2) is 5.78 Å². The maximum atomic E-state index is 13.7. The molecule has 1 aromatic carbocycles. The fourth-order valence-corrected chi connectivity index (χ4v) is 4.15. The minimum Gasteiger partial charge on any atom is -0.356 e. The first kappa shape index (κ1) is 19.8. The fourth-order valence-electron chi connectivity index (χ4n) is 3.49. The zero-order chi connectivity index (χ0) is 21.1. The van der Waals surface area contributed by atoms with Gasteiger partial charge in [0.1, 0.15) is 0 Å². The molecule has 0 fully saturated rings. The molecule has 4 rings (SSSR count). The standard InChI is InChI=1S/C23H21N5OS/c1-27-13-20(18-5-3-4-16(8-18)9-24)21(14-27)23(29)22(19-11-26-28(2)12-19)25-10-17-6-7-30-15-17/h3-8,11-15,22,25H,10H2,1-2H3. The van der Waals surface area contributed by atoms with Gasteiger partial charge in [-0.2, -0.15) is 21.7 Å². The number of carbonyl (C=O) groups excluding carboxylic acids is 1. The number of nitrogens with one attached hydrogen (secondary N) is 1. The average molecular weight is 416 g/mol. The Kier molecular flexibility index (Phi) is 5.61. The van der Waals surface area contributed by atoms with Crippen molar-refractivity contribution in [2.75, 3.05) is 0 Å². The summed E-state index contributed by atoms with van der Waals surface area (Å²) in [5.74, 6) is -0.0313. The van der Waals surface area contributed by atoms with Gasteiger partial charge in [-0.15, -0.1) is 0 Å². The van der Waals surface area contributed by atoms with E-state index in [1.807, 2.05) is 66.9 Å². The average Bonchev–Trinajstić information content (AvgIpc) is 3.50. The van der Waals surface area contributed by atoms with Crippen molar-refractivity contribution in [3.05, 3.63) is 88.1 Å². The predicted octanol–water partition coefficient (Wildman–Crippen LogP) is 4.07. The quantitative estimate of drug-likeness (QED) is 0.462. The van der Waals surface area contributed by atoms with Crippen molar-refractivity contribution >= 4 is 17.1 Å². The number of nitrogens with zero attached hydrogens (tertiary/aromatic N) is 4. The Morgan fingerprint density at radius 1 is 1.27 bits per heavy atom. The summed E-state index contributed by atoms with van der Waals surface area (Å²) in [5, 5.41) is 21.0. The van der Waals surface area contributed by atoms with Crippen molar-refractivity contribution in [2.24, 2.45) is 14.1 Å². The number of hydrogen-bond donors (Lipinski definition) is 1. The van der Waals surface area contributed by atoms with E-state index in [4.69, 9.17) is 0 Å². The monoisotopic (exact) mass is 415 g/mol. The molecule has 0 bridgehead atoms. The largest absolute Gasteiger partial charge is 0.356 e. The summed E-state index contributed by atoms with van der Waals surface area (Å²) in [7, 11) is 3.73. The van der Waals surface area contributed by atoms with Gasteiger partial charge >= 0.3 is 0 Å². The molecular weight excluding hydrogens is 394 g/mol. The lowest BCUT2D eigenvalue weighted by molar-refractivity contribution is 0.0942. The molecule has 1 unspecified atom stereocenters. The molecule has 0 aliphatic heterocycles. The number of thiophene rings is 1. The minimum absolute atomic E-state index is 0.0313. The Bertz CT molecular complexity index is 1210. The third-order valence-electron chi connectivity index (χ3n) is 4.93. The van der Waals surface area contributed by atoms with E-state index in [-0.39, 0.29) is 5.78 Å². The number of aryl methyl sites for hydroxylation is 2. The third kappa shape index (κ3) is 4.10. The van der Waals surface area contributed by atoms with Gasteiger partial charge in [-0.1, -0.05) is 12.1 Å². The summed E-state index contributed by atoms with van der Waals surface area (Å²) in [4.78, 5) is 13.7. The zero-order valence-electron chi connectivity index (χ0n) is 16.7. The van der Waals surface area contributed by atoms with E-state index in [1.54, 1.807) is 28.3 Å². The Labute approximate surface area is 179 Å². The number of ketones is 1. The minimum atomic E-state index is -0.529. The lowest BCUT2D eigenvalue weighted by atomic mass is 9.95. The van der Waals surface area contributed by atoms with Crippen LogP contribution >= 0.6 is 11.3 Å². The van der Waals surface area contributed by atoms with Crippen LogP contribution in [0.15, 0.2) is 65.9 Å². The second-order valence-corrected chi connectivity index (χ2v) is 7.98. The molecule has 0 saturated heterocycles. The van der Waals surface area contributed by atoms with Crippen LogP contribution < -0.4 is 5.32 Å². The normalized spacial score (nSPS) is 11.9. The molecule has 1 atom stereocenters. The number of carbonyl (C=O) groups is 1. The van der Waals surface area contributed by atoms with Crippen LogP contribution in [0.5, 0.6) is 0 Å². The third-order valence-corrected chi connectivity index (χ3v) is 5.67. The Morgan fingerprint density at radius 2 is 2.13 bits per heavy atom. The van der Waals surface area contributed by atoms with Gasteiger partial charge in [-0.25, -0.2) is 0 Å². The topological polar surface area (TPSA) is 75.6 Å². The number of hydrogen-bond acceptors (Lipinski definition) is 5. The van der Waals surface area contributed by atoms with Crippen molar-refractivity contribution in [3.8, 4) is 17.2 Å². The van der Waals surface area contributed by atoms with Crippen molar-refractivity contribution in [1.29, 1.82) is 5.26 Å². The number of nitriles is 1. The lowest BCUT2D eigenvalue weighted by Gasteiger charge is -2.17. The molecular formula is C23H21N5OS. The summed E-state index contributed by atoms with van der Waals surface area (Å²) in [6.45, 7) is 0.584. The molecule has 0 aliphatic carbocycles. The van der Waals surface area contributed by atoms with Crippen LogP contribution in [-0.2, 0) is 20.6 Å². The molecule has 150 valence electrons. The van der Waals surface area contributed by atoms with Gasteiger partial charge in [0, 0.05) is 55.9 Å². The SMILES string of the molecule is Cn1cc(C(=O)C(NCc2ccsc2)c2cnn(C)c2)c(-c2cccc(C#N)c2)c1. The highest BCUT2D eigenvalue weighted by Gasteiger charge is 2.26. The number of rotatable bonds is 7. The zero-order valence-corrected chi connectivity index (χ0v) is 17.6. The van der Waals surface area contributed by atoms with Crippen LogP contribution in [-0.4, -0.2) is 20.1 Å². The van der Waals surface area contributed by atoms with Crippen LogP contribution in [0.25, 0.3) is 11.1 Å². The molecule has 0 spiro atoms. The molecule has 3 heterocycles. The molecule has 6 nitrogen and oxygen atoms in total. The van der Waals surface area contributed by atoms with Gasteiger partial charge in [0.05, 0.1) is 23.9 Å². The van der Waals surface area contributed by atoms with E-state index in [0.29, 0.717) is 17.7 Å². The molecule has 3 aromatic heterocycles. The van der Waals surface area contributed by atoms with E-state index in [0.717, 1.165) is 22.3 Å². The maximum absolute atomic E-state index is 13.7. The molecule has 30 heavy (non-hydrogen) atoms. The van der Waals surface area contributed by atoms with E-state index >= 15 is 0 Å². The predicted molar refractivity (Wildman–Crippen MR) is 117 cm³/mol. The molecule has 1 N–H and O–H groups in total. The first-order chi connectivity index (χ1) is 14.5. The first-order valence-electron chi connectivity index (χ1n) is 9.49. The Hall–Kier alpha value is -3.47. The van der Waals surface area contributed by atoms with Crippen molar-refractivity contribution in [2.45, 2.75) is 12.6 Å². The smallest absolute Gasteiger partial charge is 0.186 e. The van der Waals surface area contributed by atoms with Gasteiger partial charge in [0.2, 0.25) is 0 Å². The van der Waals surface area contributed by atoms with E-state index < -0.39 is 6.04 Å². The summed E-state index contributed by atoms with van der Waals surface area (Å²) in [6.07, 6.45) is 7.35. The number of aromatic nitrogens is 3. The summed E-state index contributed by atoms with van der Waals surface area (Å²) >= 11 is 1.63. The van der Waals surface area contributed by atoms with Gasteiger partial charge in [0.25, 0.3) is 0 Å². The molecule has 0 amide bonds. The molecule has 0 saturated carbocycles. The Balaban J connectivity index is 1.71. The van der Waals surface area contributed by atoms with Gasteiger partial charge in [-0.3, -0.25) is 14.8 Å². The summed E-state index contributed by atoms with van der Waals surface area (Å²) < 4.78 is 3.57.